The molecule has 0 fully saturated rings. The average molecular weight is 240 g/mol. The summed E-state index contributed by atoms with van der Waals surface area (Å²) in [4.78, 5) is 12.9. The maximum Gasteiger partial charge on any atom is 0.229 e. The minimum atomic E-state index is -0.501. The van der Waals surface area contributed by atoms with Crippen molar-refractivity contribution in [3.05, 3.63) is 23.8 Å². The van der Waals surface area contributed by atoms with E-state index in [0.29, 0.717) is 5.88 Å². The average Bonchev–Trinajstić information content (AvgIpc) is 2.65. The molecule has 0 aliphatic carbocycles. The Morgan fingerprint density at radius 2 is 2.38 bits per heavy atom. The van der Waals surface area contributed by atoms with E-state index >= 15 is 0 Å². The number of hydrogen-bond acceptors (Lipinski definition) is 3. The summed E-state index contributed by atoms with van der Waals surface area (Å²) >= 11 is 5.68. The third-order valence-electron chi connectivity index (χ3n) is 2.69. The quantitative estimate of drug-likeness (QED) is 0.597. The summed E-state index contributed by atoms with van der Waals surface area (Å²) in [6.45, 7) is 2.76. The summed E-state index contributed by atoms with van der Waals surface area (Å²) in [6, 6.07) is 5.84. The highest BCUT2D eigenvalue weighted by Gasteiger charge is 2.31. The van der Waals surface area contributed by atoms with Crippen LogP contribution in [0.25, 0.3) is 0 Å². The Kier molecular flexibility index (Phi) is 3.34. The van der Waals surface area contributed by atoms with Crippen LogP contribution in [0.3, 0.4) is 0 Å². The Balaban J connectivity index is 2.31. The number of carbonyl (C=O) groups excluding carboxylic acids is 1. The van der Waals surface area contributed by atoms with Crippen molar-refractivity contribution >= 4 is 23.6 Å². The zero-order chi connectivity index (χ0) is 11.5. The maximum absolute atomic E-state index is 11.0. The van der Waals surface area contributed by atoms with E-state index in [9.17, 15) is 4.79 Å². The highest BCUT2D eigenvalue weighted by atomic mass is 35.5. The first-order valence-corrected chi connectivity index (χ1v) is 5.85. The van der Waals surface area contributed by atoms with E-state index < -0.39 is 6.23 Å². The standard InChI is InChI=1S/C12H14ClNO2/c1-9-4-2-5-10-12(9)14(7-3-6-13)11(8-15)16-10/h2,4-5,8,11H,3,6-7H2,1H3. The lowest BCUT2D eigenvalue weighted by atomic mass is 10.1. The van der Waals surface area contributed by atoms with Gasteiger partial charge in [0.1, 0.15) is 5.75 Å². The molecular weight excluding hydrogens is 226 g/mol. The molecular formula is C12H14ClNO2. The number of fused-ring (bicyclic) bond motifs is 1. The first-order chi connectivity index (χ1) is 7.77. The van der Waals surface area contributed by atoms with Crippen molar-refractivity contribution in [1.82, 2.24) is 0 Å². The third kappa shape index (κ3) is 1.87. The van der Waals surface area contributed by atoms with Gasteiger partial charge in [0.2, 0.25) is 6.23 Å². The third-order valence-corrected chi connectivity index (χ3v) is 2.96. The lowest BCUT2D eigenvalue weighted by molar-refractivity contribution is -0.113. The zero-order valence-electron chi connectivity index (χ0n) is 9.15. The van der Waals surface area contributed by atoms with Gasteiger partial charge in [0.05, 0.1) is 5.69 Å². The molecule has 0 amide bonds. The summed E-state index contributed by atoms with van der Waals surface area (Å²) < 4.78 is 5.56. The molecule has 1 atom stereocenters. The van der Waals surface area contributed by atoms with E-state index in [-0.39, 0.29) is 0 Å². The largest absolute Gasteiger partial charge is 0.461 e. The summed E-state index contributed by atoms with van der Waals surface area (Å²) in [6.07, 6.45) is 1.16. The highest BCUT2D eigenvalue weighted by Crippen LogP contribution is 2.39. The Bertz CT molecular complexity index is 395. The van der Waals surface area contributed by atoms with E-state index in [2.05, 4.69) is 0 Å². The Hall–Kier alpha value is -1.22. The molecule has 0 spiro atoms. The number of aryl methyl sites for hydroxylation is 1. The Labute approximate surface area is 100.0 Å². The van der Waals surface area contributed by atoms with Crippen molar-refractivity contribution in [3.8, 4) is 5.75 Å². The highest BCUT2D eigenvalue weighted by molar-refractivity contribution is 6.17. The maximum atomic E-state index is 11.0. The van der Waals surface area contributed by atoms with Crippen molar-refractivity contribution in [3.63, 3.8) is 0 Å². The van der Waals surface area contributed by atoms with Crippen molar-refractivity contribution in [2.24, 2.45) is 0 Å². The summed E-state index contributed by atoms with van der Waals surface area (Å²) in [5, 5.41) is 0. The number of nitrogens with zero attached hydrogens (tertiary/aromatic N) is 1. The number of anilines is 1. The molecule has 86 valence electrons. The van der Waals surface area contributed by atoms with Gasteiger partial charge in [0.15, 0.2) is 6.29 Å². The molecule has 1 aliphatic heterocycles. The van der Waals surface area contributed by atoms with Crippen molar-refractivity contribution in [2.75, 3.05) is 17.3 Å². The van der Waals surface area contributed by atoms with E-state index in [1.54, 1.807) is 0 Å². The first kappa shape index (κ1) is 11.3. The number of rotatable bonds is 4. The van der Waals surface area contributed by atoms with Crippen LogP contribution >= 0.6 is 11.6 Å². The molecule has 0 bridgehead atoms. The normalized spacial score (nSPS) is 18.1. The van der Waals surface area contributed by atoms with Gasteiger partial charge in [0.25, 0.3) is 0 Å². The monoisotopic (exact) mass is 239 g/mol. The minimum Gasteiger partial charge on any atom is -0.461 e. The molecule has 2 rings (SSSR count). The molecule has 0 radical (unpaired) electrons. The number of halogens is 1. The van der Waals surface area contributed by atoms with Gasteiger partial charge >= 0.3 is 0 Å². The lowest BCUT2D eigenvalue weighted by Crippen LogP contribution is -2.37. The second kappa shape index (κ2) is 4.74. The van der Waals surface area contributed by atoms with Gasteiger partial charge in [-0.2, -0.15) is 0 Å². The van der Waals surface area contributed by atoms with E-state index in [0.717, 1.165) is 36.3 Å². The van der Waals surface area contributed by atoms with E-state index in [1.807, 2.05) is 30.0 Å². The van der Waals surface area contributed by atoms with Crippen LogP contribution in [0.1, 0.15) is 12.0 Å². The first-order valence-electron chi connectivity index (χ1n) is 5.32. The topological polar surface area (TPSA) is 29.5 Å². The van der Waals surface area contributed by atoms with Gasteiger partial charge in [-0.15, -0.1) is 11.6 Å². The number of ether oxygens (including phenoxy) is 1. The van der Waals surface area contributed by atoms with Gasteiger partial charge in [-0.1, -0.05) is 12.1 Å². The van der Waals surface area contributed by atoms with Gasteiger partial charge in [-0.05, 0) is 25.0 Å². The van der Waals surface area contributed by atoms with Crippen LogP contribution in [0.4, 0.5) is 5.69 Å². The molecule has 3 nitrogen and oxygen atoms in total. The van der Waals surface area contributed by atoms with Crippen LogP contribution in [-0.4, -0.2) is 24.9 Å². The fourth-order valence-electron chi connectivity index (χ4n) is 1.99. The van der Waals surface area contributed by atoms with Gasteiger partial charge in [0, 0.05) is 12.4 Å². The Morgan fingerprint density at radius 1 is 1.56 bits per heavy atom. The van der Waals surface area contributed by atoms with Crippen molar-refractivity contribution in [1.29, 1.82) is 0 Å². The van der Waals surface area contributed by atoms with Crippen molar-refractivity contribution < 1.29 is 9.53 Å². The van der Waals surface area contributed by atoms with Crippen LogP contribution in [0.5, 0.6) is 5.75 Å². The molecule has 0 saturated heterocycles. The van der Waals surface area contributed by atoms with Crippen LogP contribution in [0, 0.1) is 6.92 Å². The van der Waals surface area contributed by atoms with Crippen LogP contribution in [0.15, 0.2) is 18.2 Å². The number of alkyl halides is 1. The number of benzene rings is 1. The van der Waals surface area contributed by atoms with Gasteiger partial charge in [-0.3, -0.25) is 4.79 Å². The number of carbonyl (C=O) groups is 1. The molecule has 1 heterocycles. The van der Waals surface area contributed by atoms with E-state index in [1.165, 1.54) is 0 Å². The lowest BCUT2D eigenvalue weighted by Gasteiger charge is -2.21. The molecule has 1 aromatic rings. The SMILES string of the molecule is Cc1cccc2c1N(CCCCl)C(C=O)O2. The minimum absolute atomic E-state index is 0.501. The summed E-state index contributed by atoms with van der Waals surface area (Å²) in [5.74, 6) is 1.37. The molecule has 0 aromatic heterocycles. The number of para-hydroxylation sites is 1. The Morgan fingerprint density at radius 3 is 3.06 bits per heavy atom. The smallest absolute Gasteiger partial charge is 0.229 e. The zero-order valence-corrected chi connectivity index (χ0v) is 9.91. The van der Waals surface area contributed by atoms with Crippen LogP contribution in [-0.2, 0) is 4.79 Å². The van der Waals surface area contributed by atoms with E-state index in [4.69, 9.17) is 16.3 Å². The molecule has 1 unspecified atom stereocenters. The van der Waals surface area contributed by atoms with Crippen LogP contribution < -0.4 is 9.64 Å². The molecule has 4 heteroatoms. The van der Waals surface area contributed by atoms with Crippen molar-refractivity contribution in [2.45, 2.75) is 19.6 Å². The second-order valence-corrected chi connectivity index (χ2v) is 4.18. The summed E-state index contributed by atoms with van der Waals surface area (Å²) in [7, 11) is 0. The van der Waals surface area contributed by atoms with Crippen LogP contribution in [0.2, 0.25) is 0 Å². The molecule has 0 N–H and O–H groups in total. The predicted octanol–water partition coefficient (Wildman–Crippen LogP) is 2.35. The predicted molar refractivity (Wildman–Crippen MR) is 64.3 cm³/mol. The summed E-state index contributed by atoms with van der Waals surface area (Å²) in [5.41, 5.74) is 2.14. The molecule has 1 aromatic carbocycles. The second-order valence-electron chi connectivity index (χ2n) is 3.80. The fraction of sp³-hybridized carbons (Fsp3) is 0.417. The molecule has 1 aliphatic rings. The fourth-order valence-corrected chi connectivity index (χ4v) is 2.11. The van der Waals surface area contributed by atoms with Gasteiger partial charge in [-0.25, -0.2) is 0 Å². The number of aldehydes is 1. The number of hydrogen-bond donors (Lipinski definition) is 0. The molecule has 16 heavy (non-hydrogen) atoms. The molecule has 0 saturated carbocycles. The van der Waals surface area contributed by atoms with Gasteiger partial charge < -0.3 is 9.64 Å².